The van der Waals surface area contributed by atoms with Gasteiger partial charge in [-0.3, -0.25) is 24.6 Å². The second kappa shape index (κ2) is 9.33. The summed E-state index contributed by atoms with van der Waals surface area (Å²) in [6, 6.07) is 11.3. The van der Waals surface area contributed by atoms with Crippen LogP contribution in [-0.2, 0) is 34.0 Å². The first-order valence-corrected chi connectivity index (χ1v) is 11.1. The number of imide groups is 1. The maximum absolute atomic E-state index is 13.1. The van der Waals surface area contributed by atoms with Gasteiger partial charge < -0.3 is 14.4 Å². The summed E-state index contributed by atoms with van der Waals surface area (Å²) in [5.41, 5.74) is 3.16. The summed E-state index contributed by atoms with van der Waals surface area (Å²) in [5, 5.41) is 2.05. The number of nitrogens with one attached hydrogen (secondary N) is 1. The molecule has 0 aliphatic carbocycles. The number of piperidine rings is 1. The number of amides is 3. The van der Waals surface area contributed by atoms with E-state index in [2.05, 4.69) is 17.0 Å². The molecule has 2 aromatic carbocycles. The summed E-state index contributed by atoms with van der Waals surface area (Å²) in [4.78, 5) is 40.7. The fraction of sp³-hybridized carbons (Fsp3) is 0.400. The Labute approximate surface area is 195 Å². The Morgan fingerprint density at radius 2 is 1.85 bits per heavy atom. The molecule has 2 unspecified atom stereocenters. The Bertz CT molecular complexity index is 1150. The maximum atomic E-state index is 13.1. The second-order valence-electron chi connectivity index (χ2n) is 8.34. The fourth-order valence-corrected chi connectivity index (χ4v) is 4.33. The molecule has 8 heteroatoms. The molecule has 5 rings (SSSR count). The van der Waals surface area contributed by atoms with Crippen molar-refractivity contribution in [1.29, 1.82) is 0 Å². The van der Waals surface area contributed by atoms with Crippen LogP contribution in [0.2, 0.25) is 0 Å². The zero-order valence-corrected chi connectivity index (χ0v) is 18.2. The molecule has 0 radical (unpaired) electrons. The summed E-state index contributed by atoms with van der Waals surface area (Å²) >= 11 is 0. The standard InChI is InChI=1S/C25H27N3O5/c29-23-9-8-21(24(30)26-23)28-15-20-19(25(28)31)2-1-3-22(20)33-16-18-6-4-17(5-7-18)14-27-10-12-32-13-11-27/h1-7,21H,8-16H2,(H,26,29,30)/i9D,21D. The van der Waals surface area contributed by atoms with E-state index in [1.54, 1.807) is 18.2 Å². The monoisotopic (exact) mass is 451 g/mol. The van der Waals surface area contributed by atoms with Crippen LogP contribution in [0.5, 0.6) is 5.75 Å². The van der Waals surface area contributed by atoms with Gasteiger partial charge in [0.2, 0.25) is 11.8 Å². The van der Waals surface area contributed by atoms with Crippen molar-refractivity contribution in [2.24, 2.45) is 0 Å². The lowest BCUT2D eigenvalue weighted by atomic mass is 10.0. The lowest BCUT2D eigenvalue weighted by molar-refractivity contribution is -0.136. The molecule has 172 valence electrons. The number of carbonyl (C=O) groups is 3. The van der Waals surface area contributed by atoms with Crippen LogP contribution in [0.25, 0.3) is 0 Å². The molecule has 0 saturated carbocycles. The first kappa shape index (κ1) is 19.3. The molecule has 0 spiro atoms. The van der Waals surface area contributed by atoms with E-state index in [-0.39, 0.29) is 13.0 Å². The van der Waals surface area contributed by atoms with Crippen LogP contribution in [0, 0.1) is 0 Å². The second-order valence-corrected chi connectivity index (χ2v) is 8.34. The van der Waals surface area contributed by atoms with Gasteiger partial charge in [-0.25, -0.2) is 0 Å². The van der Waals surface area contributed by atoms with E-state index in [9.17, 15) is 14.4 Å². The van der Waals surface area contributed by atoms with Crippen molar-refractivity contribution in [1.82, 2.24) is 15.1 Å². The van der Waals surface area contributed by atoms with E-state index in [1.807, 2.05) is 17.4 Å². The number of ether oxygens (including phenoxy) is 2. The van der Waals surface area contributed by atoms with Gasteiger partial charge in [0.05, 0.1) is 21.1 Å². The lowest BCUT2D eigenvalue weighted by Crippen LogP contribution is -2.52. The average molecular weight is 452 g/mol. The number of rotatable bonds is 6. The van der Waals surface area contributed by atoms with Gasteiger partial charge in [-0.2, -0.15) is 0 Å². The van der Waals surface area contributed by atoms with Crippen LogP contribution < -0.4 is 10.1 Å². The maximum Gasteiger partial charge on any atom is 0.255 e. The minimum Gasteiger partial charge on any atom is -0.489 e. The molecule has 8 nitrogen and oxygen atoms in total. The smallest absolute Gasteiger partial charge is 0.255 e. The molecule has 0 bridgehead atoms. The van der Waals surface area contributed by atoms with E-state index in [4.69, 9.17) is 12.2 Å². The third-order valence-corrected chi connectivity index (χ3v) is 6.16. The predicted octanol–water partition coefficient (Wildman–Crippen LogP) is 1.86. The van der Waals surface area contributed by atoms with Gasteiger partial charge in [-0.05, 0) is 29.7 Å². The topological polar surface area (TPSA) is 88.2 Å². The summed E-state index contributed by atoms with van der Waals surface area (Å²) in [6.45, 7) is 4.57. The highest BCUT2D eigenvalue weighted by atomic mass is 16.5. The van der Waals surface area contributed by atoms with Crippen LogP contribution in [0.15, 0.2) is 42.5 Å². The predicted molar refractivity (Wildman–Crippen MR) is 119 cm³/mol. The van der Waals surface area contributed by atoms with Crippen molar-refractivity contribution in [2.45, 2.75) is 38.5 Å². The van der Waals surface area contributed by atoms with Crippen molar-refractivity contribution in [3.63, 3.8) is 0 Å². The summed E-state index contributed by atoms with van der Waals surface area (Å²) in [6.07, 6.45) is -1.66. The SMILES string of the molecule is [2H]C1CC([2H])(N2Cc3c(OCc4ccc(CN5CCOCC5)cc4)cccc3C2=O)C(=O)NC1=O. The van der Waals surface area contributed by atoms with Crippen molar-refractivity contribution < 1.29 is 26.6 Å². The van der Waals surface area contributed by atoms with E-state index in [0.717, 1.165) is 43.3 Å². The van der Waals surface area contributed by atoms with Crippen LogP contribution in [0.1, 0.15) is 42.6 Å². The van der Waals surface area contributed by atoms with Gasteiger partial charge >= 0.3 is 0 Å². The van der Waals surface area contributed by atoms with Crippen molar-refractivity contribution >= 4 is 17.7 Å². The molecule has 3 heterocycles. The number of hydrogen-bond donors (Lipinski definition) is 1. The normalized spacial score (nSPS) is 26.5. The Morgan fingerprint density at radius 3 is 2.64 bits per heavy atom. The highest BCUT2D eigenvalue weighted by Gasteiger charge is 2.40. The van der Waals surface area contributed by atoms with Crippen LogP contribution >= 0.6 is 0 Å². The highest BCUT2D eigenvalue weighted by molar-refractivity contribution is 6.05. The van der Waals surface area contributed by atoms with Crippen LogP contribution in [0.4, 0.5) is 0 Å². The third kappa shape index (κ3) is 4.62. The molecule has 2 saturated heterocycles. The molecular weight excluding hydrogens is 422 g/mol. The number of nitrogens with zero attached hydrogens (tertiary/aromatic N) is 2. The minimum atomic E-state index is -2.02. The highest BCUT2D eigenvalue weighted by Crippen LogP contribution is 2.34. The number of benzene rings is 2. The van der Waals surface area contributed by atoms with Gasteiger partial charge in [0, 0.05) is 38.5 Å². The van der Waals surface area contributed by atoms with Crippen molar-refractivity contribution in [3.05, 3.63) is 64.7 Å². The van der Waals surface area contributed by atoms with E-state index in [1.165, 1.54) is 5.56 Å². The van der Waals surface area contributed by atoms with Crippen LogP contribution in [0.3, 0.4) is 0 Å². The Morgan fingerprint density at radius 1 is 1.09 bits per heavy atom. The third-order valence-electron chi connectivity index (χ3n) is 6.16. The summed E-state index contributed by atoms with van der Waals surface area (Å²) in [5.74, 6) is -1.60. The van der Waals surface area contributed by atoms with E-state index in [0.29, 0.717) is 23.5 Å². The summed E-state index contributed by atoms with van der Waals surface area (Å²) in [7, 11) is 0. The van der Waals surface area contributed by atoms with Gasteiger partial charge in [0.25, 0.3) is 5.91 Å². The zero-order valence-electron chi connectivity index (χ0n) is 20.2. The lowest BCUT2D eigenvalue weighted by Gasteiger charge is -2.29. The largest absolute Gasteiger partial charge is 0.489 e. The number of fused-ring (bicyclic) bond motifs is 1. The molecule has 3 aliphatic rings. The van der Waals surface area contributed by atoms with Gasteiger partial charge in [-0.15, -0.1) is 0 Å². The first-order chi connectivity index (χ1) is 16.8. The molecule has 3 amide bonds. The molecule has 2 atom stereocenters. The van der Waals surface area contributed by atoms with Gasteiger partial charge in [0.15, 0.2) is 0 Å². The van der Waals surface area contributed by atoms with Gasteiger partial charge in [0.1, 0.15) is 18.4 Å². The Hall–Kier alpha value is -3.23. The molecule has 2 aromatic rings. The van der Waals surface area contributed by atoms with E-state index < -0.39 is 30.1 Å². The fourth-order valence-electron chi connectivity index (χ4n) is 4.33. The number of hydrogen-bond acceptors (Lipinski definition) is 6. The Balaban J connectivity index is 1.26. The Kier molecular flexibility index (Phi) is 5.44. The van der Waals surface area contributed by atoms with Crippen molar-refractivity contribution in [2.75, 3.05) is 26.3 Å². The number of carbonyl (C=O) groups excluding carboxylic acids is 3. The molecule has 2 fully saturated rings. The van der Waals surface area contributed by atoms with Gasteiger partial charge in [-0.1, -0.05) is 30.3 Å². The van der Waals surface area contributed by atoms with E-state index >= 15 is 0 Å². The first-order valence-electron chi connectivity index (χ1n) is 12.1. The van der Waals surface area contributed by atoms with Crippen molar-refractivity contribution in [3.8, 4) is 5.75 Å². The molecule has 0 aromatic heterocycles. The minimum absolute atomic E-state index is 0.000652. The number of morpholine rings is 1. The molecule has 1 N–H and O–H groups in total. The van der Waals surface area contributed by atoms with Crippen LogP contribution in [-0.4, -0.2) is 59.8 Å². The quantitative estimate of drug-likeness (QED) is 0.675. The molecule has 33 heavy (non-hydrogen) atoms. The summed E-state index contributed by atoms with van der Waals surface area (Å²) < 4.78 is 27.9. The molecule has 3 aliphatic heterocycles. The molecular formula is C25H27N3O5. The average Bonchev–Trinajstić information content (AvgIpc) is 3.21. The zero-order chi connectivity index (χ0) is 24.6.